The highest BCUT2D eigenvalue weighted by molar-refractivity contribution is 5.08. The highest BCUT2D eigenvalue weighted by atomic mass is 16.3. The number of nitrogens with one attached hydrogen (secondary N) is 1. The molecule has 1 aromatic heterocycles. The van der Waals surface area contributed by atoms with E-state index >= 15 is 0 Å². The molecule has 0 aromatic carbocycles. The summed E-state index contributed by atoms with van der Waals surface area (Å²) in [6.07, 6.45) is 2.45. The quantitative estimate of drug-likeness (QED) is 0.612. The molecule has 12 heavy (non-hydrogen) atoms. The molecule has 0 saturated carbocycles. The van der Waals surface area contributed by atoms with Crippen LogP contribution in [0.4, 0.5) is 0 Å². The van der Waals surface area contributed by atoms with Crippen molar-refractivity contribution in [3.8, 4) is 0 Å². The van der Waals surface area contributed by atoms with Crippen molar-refractivity contribution in [3.63, 3.8) is 0 Å². The fourth-order valence-electron chi connectivity index (χ4n) is 1.45. The number of rotatable bonds is 2. The fourth-order valence-corrected chi connectivity index (χ4v) is 1.45. The first kappa shape index (κ1) is 7.76. The van der Waals surface area contributed by atoms with Gasteiger partial charge in [-0.3, -0.25) is 4.68 Å². The molecule has 0 atom stereocenters. The topological polar surface area (TPSA) is 50.1 Å². The summed E-state index contributed by atoms with van der Waals surface area (Å²) in [6, 6.07) is 1.94. The van der Waals surface area contributed by atoms with Crippen LogP contribution >= 0.6 is 0 Å². The second kappa shape index (κ2) is 2.57. The van der Waals surface area contributed by atoms with Gasteiger partial charge in [0.05, 0.1) is 5.60 Å². The summed E-state index contributed by atoms with van der Waals surface area (Å²) in [6.45, 7) is 1.39. The third-order valence-corrected chi connectivity index (χ3v) is 2.34. The van der Waals surface area contributed by atoms with Crippen LogP contribution in [-0.4, -0.2) is 33.6 Å². The first-order chi connectivity index (χ1) is 5.70. The Morgan fingerprint density at radius 3 is 2.92 bits per heavy atom. The summed E-state index contributed by atoms with van der Waals surface area (Å²) in [5.74, 6) is 0. The molecule has 1 aliphatic rings. The van der Waals surface area contributed by atoms with Crippen molar-refractivity contribution in [1.82, 2.24) is 15.1 Å². The van der Waals surface area contributed by atoms with Crippen molar-refractivity contribution < 1.29 is 5.11 Å². The number of aromatic nitrogens is 2. The van der Waals surface area contributed by atoms with Gasteiger partial charge in [-0.1, -0.05) is 0 Å². The van der Waals surface area contributed by atoms with Gasteiger partial charge in [-0.2, -0.15) is 5.10 Å². The Kier molecular flexibility index (Phi) is 1.66. The van der Waals surface area contributed by atoms with Gasteiger partial charge in [0.15, 0.2) is 0 Å². The highest BCUT2D eigenvalue weighted by Crippen LogP contribution is 2.16. The minimum atomic E-state index is -0.534. The first-order valence-electron chi connectivity index (χ1n) is 4.10. The van der Waals surface area contributed by atoms with Crippen LogP contribution in [0.2, 0.25) is 0 Å². The third kappa shape index (κ3) is 1.23. The van der Waals surface area contributed by atoms with Crippen LogP contribution in [0.25, 0.3) is 0 Å². The molecule has 2 heterocycles. The molecule has 1 fully saturated rings. The van der Waals surface area contributed by atoms with Gasteiger partial charge in [0.25, 0.3) is 0 Å². The molecule has 1 aliphatic heterocycles. The van der Waals surface area contributed by atoms with Gasteiger partial charge >= 0.3 is 0 Å². The summed E-state index contributed by atoms with van der Waals surface area (Å²) >= 11 is 0. The maximum atomic E-state index is 9.80. The molecule has 4 heteroatoms. The van der Waals surface area contributed by atoms with Crippen LogP contribution in [0.15, 0.2) is 12.3 Å². The van der Waals surface area contributed by atoms with Gasteiger partial charge in [0, 0.05) is 38.4 Å². The van der Waals surface area contributed by atoms with E-state index < -0.39 is 5.60 Å². The van der Waals surface area contributed by atoms with Gasteiger partial charge in [-0.15, -0.1) is 0 Å². The Hall–Kier alpha value is -0.870. The van der Waals surface area contributed by atoms with Crippen molar-refractivity contribution in [2.24, 2.45) is 7.05 Å². The Labute approximate surface area is 71.2 Å². The molecule has 66 valence electrons. The normalized spacial score (nSPS) is 20.5. The lowest BCUT2D eigenvalue weighted by molar-refractivity contribution is -0.0105. The summed E-state index contributed by atoms with van der Waals surface area (Å²) in [7, 11) is 1.89. The molecule has 0 unspecified atom stereocenters. The monoisotopic (exact) mass is 167 g/mol. The summed E-state index contributed by atoms with van der Waals surface area (Å²) in [4.78, 5) is 0. The second-order valence-electron chi connectivity index (χ2n) is 3.45. The van der Waals surface area contributed by atoms with Crippen molar-refractivity contribution in [3.05, 3.63) is 18.0 Å². The second-order valence-corrected chi connectivity index (χ2v) is 3.45. The average molecular weight is 167 g/mol. The third-order valence-electron chi connectivity index (χ3n) is 2.34. The van der Waals surface area contributed by atoms with Gasteiger partial charge in [-0.25, -0.2) is 0 Å². The van der Waals surface area contributed by atoms with E-state index in [0.717, 1.165) is 5.69 Å². The van der Waals surface area contributed by atoms with Crippen LogP contribution in [0.1, 0.15) is 5.69 Å². The maximum Gasteiger partial charge on any atom is 0.0950 e. The molecule has 0 bridgehead atoms. The molecule has 0 spiro atoms. The molecule has 0 aliphatic carbocycles. The van der Waals surface area contributed by atoms with E-state index in [-0.39, 0.29) is 0 Å². The molecular weight excluding hydrogens is 154 g/mol. The predicted octanol–water partition coefficient (Wildman–Crippen LogP) is -0.703. The summed E-state index contributed by atoms with van der Waals surface area (Å²) in [5, 5.41) is 16.9. The summed E-state index contributed by atoms with van der Waals surface area (Å²) < 4.78 is 1.80. The minimum Gasteiger partial charge on any atom is -0.387 e. The molecule has 1 aromatic rings. The van der Waals surface area contributed by atoms with E-state index in [9.17, 15) is 5.11 Å². The van der Waals surface area contributed by atoms with Crippen LogP contribution in [0.5, 0.6) is 0 Å². The number of aryl methyl sites for hydroxylation is 1. The fraction of sp³-hybridized carbons (Fsp3) is 0.625. The standard InChI is InChI=1S/C8H13N3O/c1-11-7(2-3-10-11)4-8(12)5-9-6-8/h2-3,9,12H,4-6H2,1H3. The van der Waals surface area contributed by atoms with Crippen molar-refractivity contribution in [2.45, 2.75) is 12.0 Å². The van der Waals surface area contributed by atoms with E-state index in [1.807, 2.05) is 13.1 Å². The number of aliphatic hydroxyl groups is 1. The van der Waals surface area contributed by atoms with Crippen molar-refractivity contribution >= 4 is 0 Å². The lowest BCUT2D eigenvalue weighted by Gasteiger charge is -2.37. The smallest absolute Gasteiger partial charge is 0.0950 e. The number of nitrogens with zero attached hydrogens (tertiary/aromatic N) is 2. The number of hydrogen-bond donors (Lipinski definition) is 2. The molecule has 2 N–H and O–H groups in total. The maximum absolute atomic E-state index is 9.80. The average Bonchev–Trinajstić information content (AvgIpc) is 2.34. The largest absolute Gasteiger partial charge is 0.387 e. The predicted molar refractivity (Wildman–Crippen MR) is 44.7 cm³/mol. The van der Waals surface area contributed by atoms with Crippen molar-refractivity contribution in [2.75, 3.05) is 13.1 Å². The van der Waals surface area contributed by atoms with E-state index in [4.69, 9.17) is 0 Å². The molecule has 2 rings (SSSR count). The van der Waals surface area contributed by atoms with E-state index in [1.54, 1.807) is 10.9 Å². The van der Waals surface area contributed by atoms with E-state index in [0.29, 0.717) is 19.5 Å². The zero-order valence-corrected chi connectivity index (χ0v) is 7.12. The van der Waals surface area contributed by atoms with Gasteiger partial charge in [-0.05, 0) is 6.07 Å². The van der Waals surface area contributed by atoms with E-state index in [1.165, 1.54) is 0 Å². The Balaban J connectivity index is 2.08. The summed E-state index contributed by atoms with van der Waals surface area (Å²) in [5.41, 5.74) is 0.548. The lowest BCUT2D eigenvalue weighted by atomic mass is 9.91. The van der Waals surface area contributed by atoms with Gasteiger partial charge in [0.2, 0.25) is 0 Å². The van der Waals surface area contributed by atoms with Gasteiger partial charge in [0.1, 0.15) is 0 Å². The van der Waals surface area contributed by atoms with Crippen LogP contribution in [0, 0.1) is 0 Å². The number of β-amino-alcohol motifs (C(OH)–C–C–N with tert-alkyl or cyclic N) is 1. The van der Waals surface area contributed by atoms with Crippen molar-refractivity contribution in [1.29, 1.82) is 0 Å². The lowest BCUT2D eigenvalue weighted by Crippen LogP contribution is -2.60. The SMILES string of the molecule is Cn1nccc1CC1(O)CNC1. The zero-order valence-electron chi connectivity index (χ0n) is 7.12. The van der Waals surface area contributed by atoms with Crippen LogP contribution < -0.4 is 5.32 Å². The molecule has 1 saturated heterocycles. The minimum absolute atomic E-state index is 0.534. The molecule has 0 amide bonds. The Morgan fingerprint density at radius 1 is 1.75 bits per heavy atom. The van der Waals surface area contributed by atoms with Gasteiger partial charge < -0.3 is 10.4 Å². The molecule has 0 radical (unpaired) electrons. The Bertz CT molecular complexity index is 278. The van der Waals surface area contributed by atoms with Crippen LogP contribution in [0.3, 0.4) is 0 Å². The van der Waals surface area contributed by atoms with Crippen LogP contribution in [-0.2, 0) is 13.5 Å². The number of hydrogen-bond acceptors (Lipinski definition) is 3. The van der Waals surface area contributed by atoms with E-state index in [2.05, 4.69) is 10.4 Å². The molecular formula is C8H13N3O. The highest BCUT2D eigenvalue weighted by Gasteiger charge is 2.34. The Morgan fingerprint density at radius 2 is 2.50 bits per heavy atom. The first-order valence-corrected chi connectivity index (χ1v) is 4.10. The zero-order chi connectivity index (χ0) is 8.60. The molecule has 4 nitrogen and oxygen atoms in total.